The molecule has 0 aliphatic heterocycles. The second kappa shape index (κ2) is 5.03. The predicted octanol–water partition coefficient (Wildman–Crippen LogP) is -0.632. The Morgan fingerprint density at radius 1 is 1.58 bits per heavy atom. The molecule has 1 N–H and O–H groups in total. The molecule has 0 spiro atoms. The molecule has 5 heteroatoms. The van der Waals surface area contributed by atoms with E-state index >= 15 is 0 Å². The summed E-state index contributed by atoms with van der Waals surface area (Å²) in [6.45, 7) is 0.744. The fourth-order valence-electron chi connectivity index (χ4n) is 0.961. The summed E-state index contributed by atoms with van der Waals surface area (Å²) >= 11 is 0.658. The van der Waals surface area contributed by atoms with E-state index in [9.17, 15) is 4.79 Å². The van der Waals surface area contributed by atoms with Gasteiger partial charge in [-0.15, -0.1) is 0 Å². The summed E-state index contributed by atoms with van der Waals surface area (Å²) in [4.78, 5) is 10.4. The van der Waals surface area contributed by atoms with Crippen molar-refractivity contribution in [1.82, 2.24) is 0 Å². The third kappa shape index (κ3) is 6.87. The predicted molar refractivity (Wildman–Crippen MR) is 47.2 cm³/mol. The summed E-state index contributed by atoms with van der Waals surface area (Å²) in [5, 5.41) is 8.54. The molecule has 0 aliphatic carbocycles. The van der Waals surface area contributed by atoms with Crippen LogP contribution in [0.15, 0.2) is 0 Å². The topological polar surface area (TPSA) is 46.5 Å². The van der Waals surface area contributed by atoms with Crippen molar-refractivity contribution in [2.45, 2.75) is 12.5 Å². The normalized spacial score (nSPS) is 14.3. The monoisotopic (exact) mass is 282 g/mol. The van der Waals surface area contributed by atoms with Gasteiger partial charge in [-0.2, -0.15) is 0 Å². The molecule has 0 aromatic carbocycles. The van der Waals surface area contributed by atoms with Crippen LogP contribution in [0.5, 0.6) is 0 Å². The van der Waals surface area contributed by atoms with Crippen LogP contribution in [-0.4, -0.2) is 72.3 Å². The van der Waals surface area contributed by atoms with E-state index in [0.717, 1.165) is 11.0 Å². The molecule has 70 valence electrons. The Labute approximate surface area is 86.7 Å². The van der Waals surface area contributed by atoms with Crippen molar-refractivity contribution >= 4 is 28.9 Å². The number of carbonyl (C=O) groups is 1. The Kier molecular flexibility index (Phi) is 5.11. The van der Waals surface area contributed by atoms with Gasteiger partial charge in [0.2, 0.25) is 0 Å². The van der Waals surface area contributed by atoms with Crippen molar-refractivity contribution in [3.8, 4) is 0 Å². The van der Waals surface area contributed by atoms with E-state index in [1.807, 2.05) is 21.1 Å². The Hall–Kier alpha value is 0.189. The quantitative estimate of drug-likeness (QED) is 0.539. The van der Waals surface area contributed by atoms with Gasteiger partial charge in [0.15, 0.2) is 0 Å². The van der Waals surface area contributed by atoms with Crippen molar-refractivity contribution in [3.05, 3.63) is 0 Å². The van der Waals surface area contributed by atoms with Crippen molar-refractivity contribution < 1.29 is 17.5 Å². The molecule has 4 nitrogen and oxygen atoms in total. The molecule has 0 heterocycles. The third-order valence-corrected chi connectivity index (χ3v) is 2.44. The van der Waals surface area contributed by atoms with E-state index in [0.29, 0.717) is 22.9 Å². The van der Waals surface area contributed by atoms with E-state index in [1.165, 1.54) is 0 Å². The van der Waals surface area contributed by atoms with Crippen molar-refractivity contribution in [2.24, 2.45) is 0 Å². The summed E-state index contributed by atoms with van der Waals surface area (Å²) in [5.41, 5.74) is 0. The first kappa shape index (κ1) is 12.2. The summed E-state index contributed by atoms with van der Waals surface area (Å²) in [6.07, 6.45) is -0.0264. The van der Waals surface area contributed by atoms with Crippen LogP contribution in [0.3, 0.4) is 0 Å². The standard InChI is InChI=1S/C7H15NO3.Sn.H/c1-8(2,3)5-6(9)4-7(10)11;;/h6H,4-5H2,1-3H3,(H,10,11);;/q;+1;/t6-;;/m1../s1. The van der Waals surface area contributed by atoms with Gasteiger partial charge in [0.25, 0.3) is 0 Å². The van der Waals surface area contributed by atoms with E-state index in [4.69, 9.17) is 8.18 Å². The van der Waals surface area contributed by atoms with Gasteiger partial charge in [-0.25, -0.2) is 0 Å². The Morgan fingerprint density at radius 2 is 2.08 bits per heavy atom. The first-order valence-electron chi connectivity index (χ1n) is 3.73. The van der Waals surface area contributed by atoms with Gasteiger partial charge in [-0.1, -0.05) is 0 Å². The minimum absolute atomic E-state index is 0.108. The van der Waals surface area contributed by atoms with Gasteiger partial charge in [-0.3, -0.25) is 0 Å². The SMILES string of the molecule is C[N+](C)(C)C[C@@H](CC(=O)O)[O][SnH]. The van der Waals surface area contributed by atoms with Crippen molar-refractivity contribution in [2.75, 3.05) is 27.7 Å². The van der Waals surface area contributed by atoms with E-state index in [-0.39, 0.29) is 12.5 Å². The minimum atomic E-state index is -0.789. The Balaban J connectivity index is 3.92. The summed E-state index contributed by atoms with van der Waals surface area (Å²) in [7, 11) is 6.07. The molecule has 0 aliphatic rings. The number of carboxylic acids is 1. The summed E-state index contributed by atoms with van der Waals surface area (Å²) < 4.78 is 5.91. The zero-order chi connectivity index (χ0) is 9.78. The number of hydrogen-bond donors (Lipinski definition) is 1. The molecule has 12 heavy (non-hydrogen) atoms. The van der Waals surface area contributed by atoms with Gasteiger partial charge in [-0.05, 0) is 0 Å². The molecule has 2 radical (unpaired) electrons. The van der Waals surface area contributed by atoms with Gasteiger partial charge in [0.1, 0.15) is 0 Å². The summed E-state index contributed by atoms with van der Waals surface area (Å²) in [6, 6.07) is 0. The molecule has 0 unspecified atom stereocenters. The number of hydrogen-bond acceptors (Lipinski definition) is 2. The molecule has 0 saturated carbocycles. The average Bonchev–Trinajstić information content (AvgIpc) is 1.82. The van der Waals surface area contributed by atoms with Crippen LogP contribution in [0.25, 0.3) is 0 Å². The molecule has 0 saturated heterocycles. The van der Waals surface area contributed by atoms with E-state index in [2.05, 4.69) is 0 Å². The molecule has 0 rings (SSSR count). The van der Waals surface area contributed by atoms with Gasteiger partial charge in [0.05, 0.1) is 0 Å². The second-order valence-corrected chi connectivity index (χ2v) is 4.61. The average molecular weight is 281 g/mol. The maximum absolute atomic E-state index is 10.4. The number of quaternary nitrogens is 1. The fourth-order valence-corrected chi connectivity index (χ4v) is 1.48. The van der Waals surface area contributed by atoms with Gasteiger partial charge >= 0.3 is 86.6 Å². The molecular formula is C7H16NO3Sn+. The molecule has 0 amide bonds. The fraction of sp³-hybridized carbons (Fsp3) is 0.857. The number of nitrogens with zero attached hydrogens (tertiary/aromatic N) is 1. The molecular weight excluding hydrogens is 265 g/mol. The zero-order valence-electron chi connectivity index (χ0n) is 7.78. The van der Waals surface area contributed by atoms with Crippen molar-refractivity contribution in [3.63, 3.8) is 0 Å². The first-order valence-corrected chi connectivity index (χ1v) is 5.07. The summed E-state index contributed by atoms with van der Waals surface area (Å²) in [5.74, 6) is -0.789. The van der Waals surface area contributed by atoms with Gasteiger partial charge < -0.3 is 0 Å². The Bertz CT molecular complexity index is 155. The van der Waals surface area contributed by atoms with Crippen molar-refractivity contribution in [1.29, 1.82) is 0 Å². The maximum atomic E-state index is 10.4. The van der Waals surface area contributed by atoms with Crippen LogP contribution in [0.4, 0.5) is 0 Å². The second-order valence-electron chi connectivity index (χ2n) is 3.83. The molecule has 0 aromatic heterocycles. The molecule has 0 aromatic rings. The first-order chi connectivity index (χ1) is 5.35. The zero-order valence-corrected chi connectivity index (χ0v) is 11.1. The third-order valence-electron chi connectivity index (χ3n) is 1.35. The van der Waals surface area contributed by atoms with E-state index in [1.54, 1.807) is 0 Å². The van der Waals surface area contributed by atoms with Gasteiger partial charge in [0, 0.05) is 0 Å². The number of aliphatic carboxylic acids is 1. The van der Waals surface area contributed by atoms with E-state index < -0.39 is 5.97 Å². The van der Waals surface area contributed by atoms with Crippen LogP contribution in [-0.2, 0) is 7.87 Å². The van der Waals surface area contributed by atoms with Crippen LogP contribution in [0, 0.1) is 0 Å². The Morgan fingerprint density at radius 3 is 2.33 bits per heavy atom. The van der Waals surface area contributed by atoms with Crippen LogP contribution in [0.1, 0.15) is 6.42 Å². The number of rotatable bonds is 5. The molecule has 0 fully saturated rings. The van der Waals surface area contributed by atoms with Crippen LogP contribution in [0.2, 0.25) is 0 Å². The molecule has 0 bridgehead atoms. The number of carboxylic acid groups (broad SMARTS) is 1. The van der Waals surface area contributed by atoms with Crippen LogP contribution < -0.4 is 0 Å². The number of likely N-dealkylation sites (N-methyl/N-ethyl adjacent to an activating group) is 1. The van der Waals surface area contributed by atoms with Crippen LogP contribution >= 0.6 is 0 Å². The molecule has 1 atom stereocenters.